The first-order chi connectivity index (χ1) is 14.0. The minimum atomic E-state index is -0.637. The molecular weight excluding hydrogens is 393 g/mol. The number of hydrogen-bond acceptors (Lipinski definition) is 3. The SMILES string of the molecule is C=Cc1cnc(N2CC(=O)N(Cc3ccc(Cl)cc3)C(C3CCC3)C2=O)c(F)c1. The van der Waals surface area contributed by atoms with Crippen molar-refractivity contribution in [1.82, 2.24) is 9.88 Å². The van der Waals surface area contributed by atoms with E-state index in [-0.39, 0.29) is 30.1 Å². The van der Waals surface area contributed by atoms with Crippen molar-refractivity contribution in [3.63, 3.8) is 0 Å². The maximum Gasteiger partial charge on any atom is 0.251 e. The molecule has 150 valence electrons. The number of nitrogens with zero attached hydrogens (tertiary/aromatic N) is 3. The molecule has 0 N–H and O–H groups in total. The van der Waals surface area contributed by atoms with Gasteiger partial charge in [-0.25, -0.2) is 9.37 Å². The van der Waals surface area contributed by atoms with Gasteiger partial charge in [0.25, 0.3) is 5.91 Å². The van der Waals surface area contributed by atoms with Crippen LogP contribution >= 0.6 is 11.6 Å². The molecule has 1 saturated carbocycles. The van der Waals surface area contributed by atoms with Crippen LogP contribution in [-0.4, -0.2) is 34.3 Å². The second-order valence-electron chi connectivity index (χ2n) is 7.49. The van der Waals surface area contributed by atoms with E-state index in [1.54, 1.807) is 17.0 Å². The van der Waals surface area contributed by atoms with Crippen molar-refractivity contribution in [1.29, 1.82) is 0 Å². The maximum absolute atomic E-state index is 14.6. The fourth-order valence-corrected chi connectivity index (χ4v) is 4.00. The first kappa shape index (κ1) is 19.6. The normalized spacial score (nSPS) is 20.0. The fraction of sp³-hybridized carbons (Fsp3) is 0.318. The van der Waals surface area contributed by atoms with Crippen LogP contribution in [0, 0.1) is 11.7 Å². The van der Waals surface area contributed by atoms with Gasteiger partial charge in [0, 0.05) is 17.8 Å². The van der Waals surface area contributed by atoms with Crippen LogP contribution in [0.1, 0.15) is 30.4 Å². The summed E-state index contributed by atoms with van der Waals surface area (Å²) in [7, 11) is 0. The molecule has 1 aromatic heterocycles. The number of amides is 2. The van der Waals surface area contributed by atoms with Gasteiger partial charge in [-0.1, -0.05) is 42.8 Å². The first-order valence-corrected chi connectivity index (χ1v) is 9.99. The van der Waals surface area contributed by atoms with Gasteiger partial charge in [0.05, 0.1) is 0 Å². The lowest BCUT2D eigenvalue weighted by Gasteiger charge is -2.45. The van der Waals surface area contributed by atoms with E-state index < -0.39 is 11.9 Å². The van der Waals surface area contributed by atoms with Crippen LogP contribution in [0.15, 0.2) is 43.1 Å². The monoisotopic (exact) mass is 413 g/mol. The Morgan fingerprint density at radius 2 is 1.97 bits per heavy atom. The van der Waals surface area contributed by atoms with Gasteiger partial charge in [-0.2, -0.15) is 0 Å². The summed E-state index contributed by atoms with van der Waals surface area (Å²) in [5, 5.41) is 0.612. The van der Waals surface area contributed by atoms with Crippen LogP contribution in [0.25, 0.3) is 6.08 Å². The number of piperazine rings is 1. The molecule has 1 atom stereocenters. The van der Waals surface area contributed by atoms with Crippen molar-refractivity contribution in [3.8, 4) is 0 Å². The summed E-state index contributed by atoms with van der Waals surface area (Å²) in [6.07, 6.45) is 5.70. The van der Waals surface area contributed by atoms with E-state index in [4.69, 9.17) is 11.6 Å². The van der Waals surface area contributed by atoms with Crippen LogP contribution in [0.2, 0.25) is 5.02 Å². The molecule has 1 unspecified atom stereocenters. The lowest BCUT2D eigenvalue weighted by Crippen LogP contribution is -2.63. The molecule has 1 aromatic carbocycles. The molecule has 2 heterocycles. The van der Waals surface area contributed by atoms with Crippen molar-refractivity contribution in [2.24, 2.45) is 5.92 Å². The van der Waals surface area contributed by atoms with Crippen molar-refractivity contribution in [2.75, 3.05) is 11.4 Å². The van der Waals surface area contributed by atoms with Gasteiger partial charge in [0.15, 0.2) is 11.6 Å². The second kappa shape index (κ2) is 7.95. The van der Waals surface area contributed by atoms with Gasteiger partial charge >= 0.3 is 0 Å². The summed E-state index contributed by atoms with van der Waals surface area (Å²) >= 11 is 5.95. The van der Waals surface area contributed by atoms with Gasteiger partial charge in [0.1, 0.15) is 12.6 Å². The van der Waals surface area contributed by atoms with Crippen LogP contribution < -0.4 is 4.90 Å². The number of aromatic nitrogens is 1. The average molecular weight is 414 g/mol. The summed E-state index contributed by atoms with van der Waals surface area (Å²) in [6, 6.07) is 7.88. The lowest BCUT2D eigenvalue weighted by molar-refractivity contribution is -0.147. The molecule has 2 aliphatic rings. The molecule has 1 saturated heterocycles. The summed E-state index contributed by atoms with van der Waals surface area (Å²) in [6.45, 7) is 3.69. The minimum absolute atomic E-state index is 0.0806. The number of carbonyl (C=O) groups is 2. The molecule has 1 aliphatic heterocycles. The fourth-order valence-electron chi connectivity index (χ4n) is 3.87. The van der Waals surface area contributed by atoms with Crippen molar-refractivity contribution in [2.45, 2.75) is 31.8 Å². The highest BCUT2D eigenvalue weighted by Gasteiger charge is 2.46. The predicted octanol–water partition coefficient (Wildman–Crippen LogP) is 4.06. The highest BCUT2D eigenvalue weighted by Crippen LogP contribution is 2.36. The first-order valence-electron chi connectivity index (χ1n) is 9.61. The van der Waals surface area contributed by atoms with E-state index in [9.17, 15) is 14.0 Å². The largest absolute Gasteiger partial charge is 0.324 e. The number of benzene rings is 1. The molecule has 1 aliphatic carbocycles. The molecule has 7 heteroatoms. The van der Waals surface area contributed by atoms with Crippen molar-refractivity contribution >= 4 is 35.3 Å². The molecule has 2 amide bonds. The Bertz CT molecular complexity index is 959. The zero-order valence-electron chi connectivity index (χ0n) is 15.9. The third-order valence-corrected chi connectivity index (χ3v) is 5.92. The van der Waals surface area contributed by atoms with Gasteiger partial charge in [-0.05, 0) is 48.1 Å². The van der Waals surface area contributed by atoms with E-state index >= 15 is 0 Å². The zero-order chi connectivity index (χ0) is 20.5. The lowest BCUT2D eigenvalue weighted by atomic mass is 9.77. The molecule has 0 radical (unpaired) electrons. The molecule has 29 heavy (non-hydrogen) atoms. The second-order valence-corrected chi connectivity index (χ2v) is 7.92. The van der Waals surface area contributed by atoms with Gasteiger partial charge < -0.3 is 4.90 Å². The summed E-state index contributed by atoms with van der Waals surface area (Å²) in [5.41, 5.74) is 1.41. The molecule has 5 nitrogen and oxygen atoms in total. The summed E-state index contributed by atoms with van der Waals surface area (Å²) < 4.78 is 14.6. The molecular formula is C22H21ClFN3O2. The van der Waals surface area contributed by atoms with Crippen LogP contribution in [0.5, 0.6) is 0 Å². The van der Waals surface area contributed by atoms with Gasteiger partial charge in [0.2, 0.25) is 5.91 Å². The molecule has 2 fully saturated rings. The van der Waals surface area contributed by atoms with Crippen LogP contribution in [-0.2, 0) is 16.1 Å². The van der Waals surface area contributed by atoms with E-state index in [2.05, 4.69) is 11.6 Å². The van der Waals surface area contributed by atoms with Gasteiger partial charge in [-0.3, -0.25) is 14.5 Å². The molecule has 0 spiro atoms. The highest BCUT2D eigenvalue weighted by molar-refractivity contribution is 6.30. The quantitative estimate of drug-likeness (QED) is 0.742. The summed E-state index contributed by atoms with van der Waals surface area (Å²) in [4.78, 5) is 33.3. The maximum atomic E-state index is 14.6. The number of pyridine rings is 1. The highest BCUT2D eigenvalue weighted by atomic mass is 35.5. The van der Waals surface area contributed by atoms with Crippen molar-refractivity contribution < 1.29 is 14.0 Å². The molecule has 2 aromatic rings. The Kier molecular flexibility index (Phi) is 5.37. The van der Waals surface area contributed by atoms with E-state index in [0.717, 1.165) is 24.8 Å². The Balaban J connectivity index is 1.65. The van der Waals surface area contributed by atoms with E-state index in [1.165, 1.54) is 23.2 Å². The van der Waals surface area contributed by atoms with Gasteiger partial charge in [-0.15, -0.1) is 0 Å². The van der Waals surface area contributed by atoms with Crippen LogP contribution in [0.3, 0.4) is 0 Å². The zero-order valence-corrected chi connectivity index (χ0v) is 16.6. The summed E-state index contributed by atoms with van der Waals surface area (Å²) in [5.74, 6) is -1.16. The third kappa shape index (κ3) is 3.77. The smallest absolute Gasteiger partial charge is 0.251 e. The number of rotatable bonds is 5. The molecule has 4 rings (SSSR count). The number of anilines is 1. The number of carbonyl (C=O) groups excluding carboxylic acids is 2. The Morgan fingerprint density at radius 3 is 2.55 bits per heavy atom. The average Bonchev–Trinajstić information content (AvgIpc) is 2.67. The number of hydrogen-bond donors (Lipinski definition) is 0. The minimum Gasteiger partial charge on any atom is -0.324 e. The number of halogens is 2. The van der Waals surface area contributed by atoms with Crippen molar-refractivity contribution in [3.05, 3.63) is 65.1 Å². The Hall–Kier alpha value is -2.73. The standard InChI is InChI=1S/C22H21ClFN3O2/c1-2-14-10-18(24)21(25-11-14)27-13-19(28)26(12-15-6-8-17(23)9-7-15)20(22(27)29)16-4-3-5-16/h2,6-11,16,20H,1,3-5,12-13H2. The Morgan fingerprint density at radius 1 is 1.24 bits per heavy atom. The van der Waals surface area contributed by atoms with E-state index in [0.29, 0.717) is 17.1 Å². The topological polar surface area (TPSA) is 53.5 Å². The van der Waals surface area contributed by atoms with E-state index in [1.807, 2.05) is 12.1 Å². The third-order valence-electron chi connectivity index (χ3n) is 5.67. The molecule has 0 bridgehead atoms. The predicted molar refractivity (Wildman–Crippen MR) is 110 cm³/mol. The Labute approximate surface area is 173 Å². The van der Waals surface area contributed by atoms with Crippen LogP contribution in [0.4, 0.5) is 10.2 Å².